The molecule has 0 radical (unpaired) electrons. The normalized spacial score (nSPS) is 9.93. The van der Waals surface area contributed by atoms with Gasteiger partial charge in [-0.1, -0.05) is 0 Å². The first-order valence-electron chi connectivity index (χ1n) is 3.44. The molecule has 1 aromatic heterocycles. The number of hydrogen-bond donors (Lipinski definition) is 0. The maximum Gasteiger partial charge on any atom is 0.267 e. The predicted octanol–water partition coefficient (Wildman–Crippen LogP) is 2.47. The summed E-state index contributed by atoms with van der Waals surface area (Å²) in [7, 11) is 0. The van der Waals surface area contributed by atoms with Crippen molar-refractivity contribution < 1.29 is 13.6 Å². The molecule has 14 heavy (non-hydrogen) atoms. The lowest BCUT2D eigenvalue weighted by Crippen LogP contribution is -1.98. The van der Waals surface area contributed by atoms with Crippen molar-refractivity contribution in [1.29, 1.82) is 5.26 Å². The number of nitrogens with zero attached hydrogens (tertiary/aromatic N) is 2. The second-order valence-electron chi connectivity index (χ2n) is 2.33. The number of hydrogen-bond acceptors (Lipinski definition) is 3. The quantitative estimate of drug-likeness (QED) is 0.607. The van der Waals surface area contributed by atoms with Gasteiger partial charge in [-0.3, -0.25) is 4.79 Å². The van der Waals surface area contributed by atoms with E-state index in [0.29, 0.717) is 6.29 Å². The number of nitriles is 1. The third kappa shape index (κ3) is 1.93. The van der Waals surface area contributed by atoms with E-state index in [1.165, 1.54) is 0 Å². The lowest BCUT2D eigenvalue weighted by molar-refractivity contribution is 0.111. The number of carbonyl (C=O) groups is 1. The van der Waals surface area contributed by atoms with Crippen LogP contribution in [0.5, 0.6) is 0 Å². The summed E-state index contributed by atoms with van der Waals surface area (Å²) in [5.41, 5.74) is -0.792. The minimum absolute atomic E-state index is 0.0576. The number of aromatic nitrogens is 1. The fraction of sp³-hybridized carbons (Fsp3) is 0.125. The maximum absolute atomic E-state index is 12.4. The molecule has 0 spiro atoms. The Morgan fingerprint density at radius 2 is 2.29 bits per heavy atom. The van der Waals surface area contributed by atoms with Gasteiger partial charge >= 0.3 is 0 Å². The Kier molecular flexibility index (Phi) is 3.25. The first kappa shape index (κ1) is 10.7. The van der Waals surface area contributed by atoms with E-state index in [1.807, 2.05) is 0 Å². The van der Waals surface area contributed by atoms with E-state index in [0.717, 1.165) is 6.07 Å². The average molecular weight is 261 g/mol. The minimum Gasteiger partial charge on any atom is -0.296 e. The van der Waals surface area contributed by atoms with Crippen LogP contribution in [-0.2, 0) is 0 Å². The Balaban J connectivity index is 3.44. The topological polar surface area (TPSA) is 53.8 Å². The highest BCUT2D eigenvalue weighted by Gasteiger charge is 2.19. The number of alkyl halides is 2. The molecule has 0 bridgehead atoms. The minimum atomic E-state index is -2.80. The van der Waals surface area contributed by atoms with Gasteiger partial charge in [-0.25, -0.2) is 13.8 Å². The van der Waals surface area contributed by atoms with Crippen LogP contribution in [0, 0.1) is 11.3 Å². The second-order valence-corrected chi connectivity index (χ2v) is 3.08. The molecule has 0 unspecified atom stereocenters. The Bertz CT molecular complexity index is 415. The van der Waals surface area contributed by atoms with Gasteiger partial charge in [-0.2, -0.15) is 5.26 Å². The standard InChI is InChI=1S/C8H3BrF2N2O/c9-7-6(8(10)11)4(2-12)1-5(3-14)13-7/h1,3,8H. The molecular formula is C8H3BrF2N2O. The fourth-order valence-corrected chi connectivity index (χ4v) is 1.49. The Morgan fingerprint density at radius 1 is 1.64 bits per heavy atom. The largest absolute Gasteiger partial charge is 0.296 e. The van der Waals surface area contributed by atoms with Crippen molar-refractivity contribution in [1.82, 2.24) is 4.98 Å². The molecule has 72 valence electrons. The third-order valence-electron chi connectivity index (χ3n) is 1.49. The van der Waals surface area contributed by atoms with Gasteiger partial charge in [0.25, 0.3) is 6.43 Å². The Labute approximate surface area is 86.5 Å². The summed E-state index contributed by atoms with van der Waals surface area (Å²) < 4.78 is 24.6. The summed E-state index contributed by atoms with van der Waals surface area (Å²) >= 11 is 2.78. The highest BCUT2D eigenvalue weighted by atomic mass is 79.9. The van der Waals surface area contributed by atoms with E-state index in [1.54, 1.807) is 6.07 Å². The van der Waals surface area contributed by atoms with Gasteiger partial charge in [0.15, 0.2) is 6.29 Å². The summed E-state index contributed by atoms with van der Waals surface area (Å²) in [4.78, 5) is 13.9. The van der Waals surface area contributed by atoms with Crippen molar-refractivity contribution in [2.24, 2.45) is 0 Å². The zero-order valence-electron chi connectivity index (χ0n) is 6.67. The smallest absolute Gasteiger partial charge is 0.267 e. The van der Waals surface area contributed by atoms with Crippen molar-refractivity contribution in [2.75, 3.05) is 0 Å². The fourth-order valence-electron chi connectivity index (χ4n) is 0.903. The van der Waals surface area contributed by atoms with Crippen LogP contribution in [0.1, 0.15) is 28.0 Å². The monoisotopic (exact) mass is 260 g/mol. The van der Waals surface area contributed by atoms with E-state index in [-0.39, 0.29) is 15.9 Å². The SMILES string of the molecule is N#Cc1cc(C=O)nc(Br)c1C(F)F. The van der Waals surface area contributed by atoms with Crippen LogP contribution < -0.4 is 0 Å². The second kappa shape index (κ2) is 4.24. The van der Waals surface area contributed by atoms with E-state index >= 15 is 0 Å². The average Bonchev–Trinajstić information content (AvgIpc) is 2.15. The molecule has 0 saturated carbocycles. The summed E-state index contributed by atoms with van der Waals surface area (Å²) in [5.74, 6) is 0. The lowest BCUT2D eigenvalue weighted by Gasteiger charge is -2.04. The Morgan fingerprint density at radius 3 is 2.71 bits per heavy atom. The molecule has 0 aromatic carbocycles. The third-order valence-corrected chi connectivity index (χ3v) is 2.10. The summed E-state index contributed by atoms with van der Waals surface area (Å²) in [5, 5.41) is 8.56. The van der Waals surface area contributed by atoms with E-state index < -0.39 is 12.0 Å². The molecule has 0 atom stereocenters. The van der Waals surface area contributed by atoms with Crippen molar-refractivity contribution >= 4 is 22.2 Å². The zero-order valence-corrected chi connectivity index (χ0v) is 8.25. The van der Waals surface area contributed by atoms with Gasteiger partial charge in [0.2, 0.25) is 0 Å². The van der Waals surface area contributed by atoms with Gasteiger partial charge in [-0.05, 0) is 22.0 Å². The molecule has 6 heteroatoms. The van der Waals surface area contributed by atoms with Crippen LogP contribution in [0.2, 0.25) is 0 Å². The van der Waals surface area contributed by atoms with Crippen molar-refractivity contribution in [3.63, 3.8) is 0 Å². The Hall–Kier alpha value is -1.35. The summed E-state index contributed by atoms with van der Waals surface area (Å²) in [6.07, 6.45) is -2.41. The number of aldehydes is 1. The summed E-state index contributed by atoms with van der Waals surface area (Å²) in [6.45, 7) is 0. The lowest BCUT2D eigenvalue weighted by atomic mass is 10.1. The zero-order chi connectivity index (χ0) is 10.7. The summed E-state index contributed by atoms with van der Waals surface area (Å²) in [6, 6.07) is 2.61. The molecule has 0 fully saturated rings. The molecule has 0 N–H and O–H groups in total. The molecule has 0 amide bonds. The number of carbonyl (C=O) groups excluding carboxylic acids is 1. The van der Waals surface area contributed by atoms with E-state index in [2.05, 4.69) is 20.9 Å². The number of halogens is 3. The highest BCUT2D eigenvalue weighted by Crippen LogP contribution is 2.29. The highest BCUT2D eigenvalue weighted by molar-refractivity contribution is 9.10. The van der Waals surface area contributed by atoms with Crippen LogP contribution in [0.25, 0.3) is 0 Å². The van der Waals surface area contributed by atoms with Crippen LogP contribution in [0.15, 0.2) is 10.7 Å². The molecule has 0 aliphatic carbocycles. The van der Waals surface area contributed by atoms with Gasteiger partial charge in [0.1, 0.15) is 10.3 Å². The predicted molar refractivity (Wildman–Crippen MR) is 47.0 cm³/mol. The first-order chi connectivity index (χ1) is 6.60. The maximum atomic E-state index is 12.4. The van der Waals surface area contributed by atoms with Crippen LogP contribution in [0.3, 0.4) is 0 Å². The molecule has 1 aromatic rings. The van der Waals surface area contributed by atoms with Gasteiger partial charge in [-0.15, -0.1) is 0 Å². The van der Waals surface area contributed by atoms with Crippen molar-refractivity contribution in [3.05, 3.63) is 27.5 Å². The van der Waals surface area contributed by atoms with Crippen LogP contribution in [0.4, 0.5) is 8.78 Å². The molecular weight excluding hydrogens is 258 g/mol. The van der Waals surface area contributed by atoms with E-state index in [9.17, 15) is 13.6 Å². The van der Waals surface area contributed by atoms with Crippen molar-refractivity contribution in [3.8, 4) is 6.07 Å². The molecule has 0 aliphatic heterocycles. The van der Waals surface area contributed by atoms with Gasteiger partial charge < -0.3 is 0 Å². The number of pyridine rings is 1. The molecule has 3 nitrogen and oxygen atoms in total. The van der Waals surface area contributed by atoms with Gasteiger partial charge in [0.05, 0.1) is 17.2 Å². The van der Waals surface area contributed by atoms with Gasteiger partial charge in [0, 0.05) is 0 Å². The number of rotatable bonds is 2. The molecule has 1 heterocycles. The van der Waals surface area contributed by atoms with E-state index in [4.69, 9.17) is 5.26 Å². The molecule has 0 aliphatic rings. The molecule has 0 saturated heterocycles. The molecule has 1 rings (SSSR count). The van der Waals surface area contributed by atoms with Crippen molar-refractivity contribution in [2.45, 2.75) is 6.43 Å². The van der Waals surface area contributed by atoms with Crippen LogP contribution in [-0.4, -0.2) is 11.3 Å². The first-order valence-corrected chi connectivity index (χ1v) is 4.23. The van der Waals surface area contributed by atoms with Crippen LogP contribution >= 0.6 is 15.9 Å².